The molecule has 1 aromatic carbocycles. The Balaban J connectivity index is 1.68. The average molecular weight is 345 g/mol. The molecule has 0 saturated carbocycles. The molecule has 0 fully saturated rings. The first-order valence-electron chi connectivity index (χ1n) is 7.74. The number of carbonyl (C=O) groups excluding carboxylic acids is 3. The van der Waals surface area contributed by atoms with Crippen LogP contribution in [0.4, 0.5) is 0 Å². The van der Waals surface area contributed by atoms with Crippen LogP contribution >= 0.6 is 0 Å². The number of amides is 3. The molecule has 0 aliphatic rings. The van der Waals surface area contributed by atoms with Crippen LogP contribution in [0.3, 0.4) is 0 Å². The Morgan fingerprint density at radius 1 is 1.04 bits per heavy atom. The van der Waals surface area contributed by atoms with Gasteiger partial charge in [0.05, 0.1) is 12.9 Å². The Labute approximate surface area is 144 Å². The van der Waals surface area contributed by atoms with Gasteiger partial charge < -0.3 is 14.5 Å². The van der Waals surface area contributed by atoms with E-state index in [2.05, 4.69) is 16.2 Å². The summed E-state index contributed by atoms with van der Waals surface area (Å²) in [5, 5.41) is 2.53. The van der Waals surface area contributed by atoms with Crippen LogP contribution in [0.1, 0.15) is 34.3 Å². The summed E-state index contributed by atoms with van der Waals surface area (Å²) in [4.78, 5) is 35.2. The molecule has 0 spiro atoms. The van der Waals surface area contributed by atoms with Crippen molar-refractivity contribution in [2.75, 3.05) is 13.2 Å². The molecule has 132 valence electrons. The largest absolute Gasteiger partial charge is 0.494 e. The fraction of sp³-hybridized carbons (Fsp3) is 0.235. The van der Waals surface area contributed by atoms with E-state index < -0.39 is 17.7 Å². The van der Waals surface area contributed by atoms with E-state index in [1.54, 1.807) is 30.3 Å². The van der Waals surface area contributed by atoms with Crippen molar-refractivity contribution < 1.29 is 23.5 Å². The van der Waals surface area contributed by atoms with Crippen LogP contribution in [-0.2, 0) is 4.79 Å². The second kappa shape index (κ2) is 9.11. The van der Waals surface area contributed by atoms with Gasteiger partial charge in [0.15, 0.2) is 5.76 Å². The molecule has 0 radical (unpaired) electrons. The fourth-order valence-corrected chi connectivity index (χ4v) is 1.91. The standard InChI is InChI=1S/C17H19N3O5/c1-2-24-13-7-5-12(6-8-13)16(22)20-19-15(21)9-10-18-17(23)14-4-3-11-25-14/h3-8,11H,2,9-10H2,1H3,(H,18,23)(H,19,21)(H,20,22). The minimum absolute atomic E-state index is 0.00993. The van der Waals surface area contributed by atoms with Crippen molar-refractivity contribution in [2.45, 2.75) is 13.3 Å². The Morgan fingerprint density at radius 3 is 2.44 bits per heavy atom. The van der Waals surface area contributed by atoms with E-state index in [4.69, 9.17) is 9.15 Å². The van der Waals surface area contributed by atoms with Crippen LogP contribution in [0.15, 0.2) is 47.1 Å². The number of benzene rings is 1. The first kappa shape index (κ1) is 18.1. The number of hydrogen-bond acceptors (Lipinski definition) is 5. The van der Waals surface area contributed by atoms with Gasteiger partial charge in [-0.05, 0) is 43.3 Å². The lowest BCUT2D eigenvalue weighted by molar-refractivity contribution is -0.121. The molecule has 0 aliphatic heterocycles. The third-order valence-corrected chi connectivity index (χ3v) is 3.13. The predicted octanol–water partition coefficient (Wildman–Crippen LogP) is 1.26. The fourth-order valence-electron chi connectivity index (χ4n) is 1.91. The van der Waals surface area contributed by atoms with Crippen LogP contribution in [0.2, 0.25) is 0 Å². The van der Waals surface area contributed by atoms with Gasteiger partial charge in [0.1, 0.15) is 5.75 Å². The molecule has 0 saturated heterocycles. The van der Waals surface area contributed by atoms with Gasteiger partial charge in [0.25, 0.3) is 11.8 Å². The van der Waals surface area contributed by atoms with Crippen LogP contribution in [0.25, 0.3) is 0 Å². The molecule has 8 heteroatoms. The highest BCUT2D eigenvalue weighted by molar-refractivity contribution is 5.95. The second-order valence-electron chi connectivity index (χ2n) is 4.94. The molecule has 2 rings (SSSR count). The van der Waals surface area contributed by atoms with E-state index in [-0.39, 0.29) is 18.7 Å². The van der Waals surface area contributed by atoms with Gasteiger partial charge in [-0.25, -0.2) is 0 Å². The minimum atomic E-state index is -0.448. The summed E-state index contributed by atoms with van der Waals surface area (Å²) in [5.74, 6) is -0.453. The lowest BCUT2D eigenvalue weighted by atomic mass is 10.2. The Bertz CT molecular complexity index is 710. The topological polar surface area (TPSA) is 110 Å². The second-order valence-corrected chi connectivity index (χ2v) is 4.94. The Hall–Kier alpha value is -3.29. The van der Waals surface area contributed by atoms with Crippen molar-refractivity contribution in [2.24, 2.45) is 0 Å². The lowest BCUT2D eigenvalue weighted by Gasteiger charge is -2.08. The number of hydrogen-bond donors (Lipinski definition) is 3. The van der Waals surface area contributed by atoms with Gasteiger partial charge >= 0.3 is 0 Å². The number of nitrogens with one attached hydrogen (secondary N) is 3. The Kier molecular flexibility index (Phi) is 6.58. The molecule has 1 heterocycles. The van der Waals surface area contributed by atoms with Gasteiger partial charge in [0, 0.05) is 18.5 Å². The first-order valence-corrected chi connectivity index (χ1v) is 7.74. The van der Waals surface area contributed by atoms with Gasteiger partial charge in [0.2, 0.25) is 5.91 Å². The molecule has 25 heavy (non-hydrogen) atoms. The predicted molar refractivity (Wildman–Crippen MR) is 88.9 cm³/mol. The van der Waals surface area contributed by atoms with Crippen molar-refractivity contribution in [1.29, 1.82) is 0 Å². The van der Waals surface area contributed by atoms with Gasteiger partial charge in [-0.1, -0.05) is 0 Å². The summed E-state index contributed by atoms with van der Waals surface area (Å²) in [6.45, 7) is 2.52. The number of hydrazine groups is 1. The summed E-state index contributed by atoms with van der Waals surface area (Å²) in [6.07, 6.45) is 1.40. The molecule has 3 amide bonds. The van der Waals surface area contributed by atoms with E-state index in [0.29, 0.717) is 17.9 Å². The summed E-state index contributed by atoms with van der Waals surface area (Å²) in [7, 11) is 0. The van der Waals surface area contributed by atoms with Crippen molar-refractivity contribution in [3.8, 4) is 5.75 Å². The highest BCUT2D eigenvalue weighted by atomic mass is 16.5. The van der Waals surface area contributed by atoms with E-state index in [9.17, 15) is 14.4 Å². The van der Waals surface area contributed by atoms with E-state index >= 15 is 0 Å². The summed E-state index contributed by atoms with van der Waals surface area (Å²) in [5.41, 5.74) is 4.97. The van der Waals surface area contributed by atoms with Crippen LogP contribution in [-0.4, -0.2) is 30.9 Å². The normalized spacial score (nSPS) is 9.96. The third-order valence-electron chi connectivity index (χ3n) is 3.13. The molecule has 2 aromatic rings. The maximum Gasteiger partial charge on any atom is 0.286 e. The van der Waals surface area contributed by atoms with Crippen molar-refractivity contribution in [3.63, 3.8) is 0 Å². The molecule has 3 N–H and O–H groups in total. The number of ether oxygens (including phenoxy) is 1. The Morgan fingerprint density at radius 2 is 1.80 bits per heavy atom. The van der Waals surface area contributed by atoms with Gasteiger partial charge in [-0.3, -0.25) is 25.2 Å². The SMILES string of the molecule is CCOc1ccc(C(=O)NNC(=O)CCNC(=O)c2ccco2)cc1. The van der Waals surface area contributed by atoms with Crippen molar-refractivity contribution in [3.05, 3.63) is 54.0 Å². The van der Waals surface area contributed by atoms with Crippen molar-refractivity contribution >= 4 is 17.7 Å². The zero-order chi connectivity index (χ0) is 18.1. The third kappa shape index (κ3) is 5.69. The minimum Gasteiger partial charge on any atom is -0.494 e. The number of rotatable bonds is 7. The van der Waals surface area contributed by atoms with Crippen molar-refractivity contribution in [1.82, 2.24) is 16.2 Å². The van der Waals surface area contributed by atoms with Gasteiger partial charge in [-0.15, -0.1) is 0 Å². The summed E-state index contributed by atoms with van der Waals surface area (Å²) < 4.78 is 10.2. The number of furan rings is 1. The zero-order valence-electron chi connectivity index (χ0n) is 13.7. The first-order chi connectivity index (χ1) is 12.1. The van der Waals surface area contributed by atoms with E-state index in [1.807, 2.05) is 6.92 Å². The van der Waals surface area contributed by atoms with Crippen LogP contribution in [0.5, 0.6) is 5.75 Å². The molecule has 0 aliphatic carbocycles. The number of carbonyl (C=O) groups is 3. The average Bonchev–Trinajstić information content (AvgIpc) is 3.15. The smallest absolute Gasteiger partial charge is 0.286 e. The zero-order valence-corrected chi connectivity index (χ0v) is 13.7. The maximum atomic E-state index is 11.9. The lowest BCUT2D eigenvalue weighted by Crippen LogP contribution is -2.42. The molecule has 8 nitrogen and oxygen atoms in total. The van der Waals surface area contributed by atoms with Gasteiger partial charge in [-0.2, -0.15) is 0 Å². The molecular formula is C17H19N3O5. The molecule has 1 aromatic heterocycles. The molecule has 0 bridgehead atoms. The molecule has 0 unspecified atom stereocenters. The quantitative estimate of drug-likeness (QED) is 0.655. The molecular weight excluding hydrogens is 326 g/mol. The van der Waals surface area contributed by atoms with E-state index in [0.717, 1.165) is 0 Å². The molecule has 0 atom stereocenters. The van der Waals surface area contributed by atoms with Crippen LogP contribution in [0, 0.1) is 0 Å². The van der Waals surface area contributed by atoms with Crippen LogP contribution < -0.4 is 20.9 Å². The summed E-state index contributed by atoms with van der Waals surface area (Å²) >= 11 is 0. The highest BCUT2D eigenvalue weighted by Crippen LogP contribution is 2.11. The van der Waals surface area contributed by atoms with E-state index in [1.165, 1.54) is 12.3 Å². The highest BCUT2D eigenvalue weighted by Gasteiger charge is 2.10. The maximum absolute atomic E-state index is 11.9. The monoisotopic (exact) mass is 345 g/mol. The summed E-state index contributed by atoms with van der Waals surface area (Å²) in [6, 6.07) is 9.64.